The minimum absolute atomic E-state index is 0.0654. The van der Waals surface area contributed by atoms with Gasteiger partial charge in [0.05, 0.1) is 24.8 Å². The van der Waals surface area contributed by atoms with Gasteiger partial charge in [-0.1, -0.05) is 13.3 Å². The predicted molar refractivity (Wildman–Crippen MR) is 107 cm³/mol. The van der Waals surface area contributed by atoms with E-state index in [-0.39, 0.29) is 16.6 Å². The number of anilines is 1. The molecular formula is C19H21N3O6S. The van der Waals surface area contributed by atoms with Crippen LogP contribution in [-0.2, 0) is 14.9 Å². The lowest BCUT2D eigenvalue weighted by atomic mass is 10.3. The number of carbonyl (C=O) groups is 1. The van der Waals surface area contributed by atoms with Crippen LogP contribution >= 0.6 is 0 Å². The van der Waals surface area contributed by atoms with Crippen LogP contribution < -0.4 is 14.2 Å². The predicted octanol–water partition coefficient (Wildman–Crippen LogP) is 3.69. The second-order valence-electron chi connectivity index (χ2n) is 6.09. The normalized spacial score (nSPS) is 11.2. The van der Waals surface area contributed by atoms with Crippen molar-refractivity contribution in [3.05, 3.63) is 42.5 Å². The number of fused-ring (bicyclic) bond motifs is 1. The Morgan fingerprint density at radius 2 is 1.86 bits per heavy atom. The first-order valence-corrected chi connectivity index (χ1v) is 10.3. The zero-order valence-electron chi connectivity index (χ0n) is 16.0. The van der Waals surface area contributed by atoms with Gasteiger partial charge in [0.2, 0.25) is 5.95 Å². The van der Waals surface area contributed by atoms with Crippen LogP contribution in [0.2, 0.25) is 0 Å². The van der Waals surface area contributed by atoms with Crippen molar-refractivity contribution in [1.29, 1.82) is 0 Å². The first-order valence-electron chi connectivity index (χ1n) is 8.93. The van der Waals surface area contributed by atoms with Crippen molar-refractivity contribution in [1.82, 2.24) is 9.97 Å². The molecule has 0 bridgehead atoms. The molecule has 29 heavy (non-hydrogen) atoms. The molecule has 0 aliphatic rings. The summed E-state index contributed by atoms with van der Waals surface area (Å²) in [6, 6.07) is 10.6. The van der Waals surface area contributed by atoms with Crippen LogP contribution in [0.1, 0.15) is 19.8 Å². The highest BCUT2D eigenvalue weighted by Crippen LogP contribution is 2.24. The summed E-state index contributed by atoms with van der Waals surface area (Å²) in [5, 5.41) is 2.38. The van der Waals surface area contributed by atoms with Crippen molar-refractivity contribution in [2.24, 2.45) is 0 Å². The molecule has 0 saturated carbocycles. The molecule has 0 aliphatic heterocycles. The number of aromatic amines is 1. The molecule has 1 aromatic heterocycles. The summed E-state index contributed by atoms with van der Waals surface area (Å²) < 4.78 is 40.4. The van der Waals surface area contributed by atoms with Crippen LogP contribution in [0.5, 0.6) is 11.5 Å². The van der Waals surface area contributed by atoms with Crippen molar-refractivity contribution in [3.8, 4) is 11.5 Å². The van der Waals surface area contributed by atoms with Crippen molar-refractivity contribution >= 4 is 33.2 Å². The van der Waals surface area contributed by atoms with Gasteiger partial charge in [0, 0.05) is 0 Å². The fourth-order valence-electron chi connectivity index (χ4n) is 2.45. The Hall–Kier alpha value is -3.27. The standard InChI is InChI=1S/C19H21N3O6S/c1-3-4-11-27-13-5-7-14(8-6-13)28-29(24,25)15-9-10-16-17(12-15)21-18(20-16)22-19(23)26-2/h5-10,12H,3-4,11H2,1-2H3,(H2,20,21,22,23). The summed E-state index contributed by atoms with van der Waals surface area (Å²) >= 11 is 0. The number of imidazole rings is 1. The zero-order chi connectivity index (χ0) is 20.9. The van der Waals surface area contributed by atoms with E-state index in [9.17, 15) is 13.2 Å². The summed E-state index contributed by atoms with van der Waals surface area (Å²) in [6.07, 6.45) is 1.28. The molecule has 10 heteroatoms. The van der Waals surface area contributed by atoms with E-state index in [0.29, 0.717) is 23.4 Å². The highest BCUT2D eigenvalue weighted by Gasteiger charge is 2.18. The average Bonchev–Trinajstić information content (AvgIpc) is 3.10. The first-order chi connectivity index (χ1) is 13.9. The maximum atomic E-state index is 12.6. The van der Waals surface area contributed by atoms with Gasteiger partial charge in [-0.25, -0.2) is 9.78 Å². The number of aromatic nitrogens is 2. The van der Waals surface area contributed by atoms with Crippen LogP contribution in [-0.4, -0.2) is 38.2 Å². The van der Waals surface area contributed by atoms with Crippen LogP contribution in [0.3, 0.4) is 0 Å². The quantitative estimate of drug-likeness (QED) is 0.422. The molecule has 0 aliphatic carbocycles. The number of H-pyrrole nitrogens is 1. The Balaban J connectivity index is 1.74. The van der Waals surface area contributed by atoms with Gasteiger partial charge in [0.1, 0.15) is 16.4 Å². The SMILES string of the molecule is CCCCOc1ccc(OS(=O)(=O)c2ccc3[nH]c(NC(=O)OC)nc3c2)cc1. The lowest BCUT2D eigenvalue weighted by Crippen LogP contribution is -2.11. The maximum Gasteiger partial charge on any atom is 0.413 e. The molecule has 2 N–H and O–H groups in total. The molecule has 1 amide bonds. The van der Waals surface area contributed by atoms with Crippen molar-refractivity contribution in [2.45, 2.75) is 24.7 Å². The molecule has 154 valence electrons. The number of rotatable bonds is 8. The second-order valence-corrected chi connectivity index (χ2v) is 7.64. The molecule has 3 rings (SSSR count). The Bertz CT molecular complexity index is 1090. The third-order valence-electron chi connectivity index (χ3n) is 3.95. The summed E-state index contributed by atoms with van der Waals surface area (Å²) in [7, 11) is -2.84. The van der Waals surface area contributed by atoms with Gasteiger partial charge in [-0.15, -0.1) is 0 Å². The summed E-state index contributed by atoms with van der Waals surface area (Å²) in [5.74, 6) is 0.954. The number of methoxy groups -OCH3 is 1. The molecule has 0 unspecified atom stereocenters. The van der Waals surface area contributed by atoms with Crippen LogP contribution in [0.25, 0.3) is 11.0 Å². The number of benzene rings is 2. The molecule has 0 radical (unpaired) electrons. The maximum absolute atomic E-state index is 12.6. The lowest BCUT2D eigenvalue weighted by molar-refractivity contribution is 0.186. The van der Waals surface area contributed by atoms with Gasteiger partial charge in [0.25, 0.3) is 0 Å². The van der Waals surface area contributed by atoms with Crippen LogP contribution in [0.4, 0.5) is 10.7 Å². The van der Waals surface area contributed by atoms with E-state index in [1.54, 1.807) is 12.1 Å². The number of nitrogens with zero attached hydrogens (tertiary/aromatic N) is 1. The highest BCUT2D eigenvalue weighted by atomic mass is 32.2. The number of unbranched alkanes of at least 4 members (excludes halogenated alkanes) is 1. The smallest absolute Gasteiger partial charge is 0.413 e. The molecule has 0 atom stereocenters. The van der Waals surface area contributed by atoms with E-state index in [1.165, 1.54) is 37.4 Å². The van der Waals surface area contributed by atoms with Gasteiger partial charge in [-0.05, 0) is 48.9 Å². The number of ether oxygens (including phenoxy) is 2. The molecule has 2 aromatic carbocycles. The molecule has 1 heterocycles. The Morgan fingerprint density at radius 3 is 2.55 bits per heavy atom. The fourth-order valence-corrected chi connectivity index (χ4v) is 3.40. The Morgan fingerprint density at radius 1 is 1.14 bits per heavy atom. The third-order valence-corrected chi connectivity index (χ3v) is 5.19. The fraction of sp³-hybridized carbons (Fsp3) is 0.263. The van der Waals surface area contributed by atoms with Gasteiger partial charge in [0.15, 0.2) is 0 Å². The van der Waals surface area contributed by atoms with E-state index in [1.807, 2.05) is 0 Å². The van der Waals surface area contributed by atoms with E-state index < -0.39 is 16.2 Å². The van der Waals surface area contributed by atoms with Gasteiger partial charge in [-0.2, -0.15) is 8.42 Å². The van der Waals surface area contributed by atoms with Gasteiger partial charge >= 0.3 is 16.2 Å². The van der Waals surface area contributed by atoms with Gasteiger partial charge in [-0.3, -0.25) is 5.32 Å². The van der Waals surface area contributed by atoms with E-state index in [0.717, 1.165) is 12.8 Å². The average molecular weight is 419 g/mol. The molecule has 9 nitrogen and oxygen atoms in total. The van der Waals surface area contributed by atoms with Crippen LogP contribution in [0.15, 0.2) is 47.4 Å². The zero-order valence-corrected chi connectivity index (χ0v) is 16.8. The second kappa shape index (κ2) is 8.82. The molecule has 0 spiro atoms. The summed E-state index contributed by atoms with van der Waals surface area (Å²) in [5.41, 5.74) is 0.893. The van der Waals surface area contributed by atoms with E-state index in [2.05, 4.69) is 26.9 Å². The van der Waals surface area contributed by atoms with Crippen molar-refractivity contribution < 1.29 is 26.9 Å². The lowest BCUT2D eigenvalue weighted by Gasteiger charge is -2.09. The van der Waals surface area contributed by atoms with Crippen molar-refractivity contribution in [2.75, 3.05) is 19.0 Å². The number of carbonyl (C=O) groups excluding carboxylic acids is 1. The first kappa shape index (κ1) is 20.5. The monoisotopic (exact) mass is 419 g/mol. The number of amides is 1. The molecular weight excluding hydrogens is 398 g/mol. The number of hydrogen-bond acceptors (Lipinski definition) is 7. The van der Waals surface area contributed by atoms with E-state index in [4.69, 9.17) is 8.92 Å². The minimum atomic E-state index is -4.06. The topological polar surface area (TPSA) is 120 Å². The Labute approximate surface area is 168 Å². The highest BCUT2D eigenvalue weighted by molar-refractivity contribution is 7.87. The van der Waals surface area contributed by atoms with Crippen LogP contribution in [0, 0.1) is 0 Å². The molecule has 0 fully saturated rings. The van der Waals surface area contributed by atoms with E-state index >= 15 is 0 Å². The van der Waals surface area contributed by atoms with Crippen molar-refractivity contribution in [3.63, 3.8) is 0 Å². The largest absolute Gasteiger partial charge is 0.494 e. The molecule has 0 saturated heterocycles. The number of hydrogen-bond donors (Lipinski definition) is 2. The number of nitrogens with one attached hydrogen (secondary N) is 2. The Kier molecular flexibility index (Phi) is 6.23. The minimum Gasteiger partial charge on any atom is -0.494 e. The summed E-state index contributed by atoms with van der Waals surface area (Å²) in [6.45, 7) is 2.67. The molecule has 3 aromatic rings. The van der Waals surface area contributed by atoms with Gasteiger partial charge < -0.3 is 18.6 Å². The summed E-state index contributed by atoms with van der Waals surface area (Å²) in [4.78, 5) is 18.2. The third kappa shape index (κ3) is 5.17.